The van der Waals surface area contributed by atoms with Crippen molar-refractivity contribution in [2.75, 3.05) is 0 Å². The first-order valence-electron chi connectivity index (χ1n) is 6.39. The molecule has 1 fully saturated rings. The fourth-order valence-corrected chi connectivity index (χ4v) is 2.33. The van der Waals surface area contributed by atoms with Gasteiger partial charge < -0.3 is 0 Å². The number of Topliss-reactive ketones (excluding diaryl/α,β-unsaturated/α-hetero) is 1. The lowest BCUT2D eigenvalue weighted by Crippen LogP contribution is -2.03. The summed E-state index contributed by atoms with van der Waals surface area (Å²) in [5, 5.41) is 0. The molecule has 1 saturated carbocycles. The van der Waals surface area contributed by atoms with E-state index in [2.05, 4.69) is 11.8 Å². The van der Waals surface area contributed by atoms with Gasteiger partial charge in [0, 0.05) is 17.0 Å². The molecule has 1 aromatic carbocycles. The molecular weight excluding hydrogens is 208 g/mol. The lowest BCUT2D eigenvalue weighted by Gasteiger charge is -2.15. The van der Waals surface area contributed by atoms with Gasteiger partial charge in [0.1, 0.15) is 0 Å². The van der Waals surface area contributed by atoms with Gasteiger partial charge in [0.2, 0.25) is 0 Å². The first-order chi connectivity index (χ1) is 8.27. The van der Waals surface area contributed by atoms with Gasteiger partial charge in [-0.25, -0.2) is 0 Å². The highest BCUT2D eigenvalue weighted by atomic mass is 16.1. The van der Waals surface area contributed by atoms with Crippen LogP contribution >= 0.6 is 0 Å². The standard InChI is InChI=1S/C16H18O/c1-13(17)16-10-6-5-9-15(16)12-11-14-7-3-2-4-8-14/h5-6,9-10,14H,2-4,7-8H2,1H3. The summed E-state index contributed by atoms with van der Waals surface area (Å²) in [6, 6.07) is 7.62. The van der Waals surface area contributed by atoms with Crippen molar-refractivity contribution >= 4 is 5.78 Å². The van der Waals surface area contributed by atoms with Crippen molar-refractivity contribution in [3.63, 3.8) is 0 Å². The molecule has 1 heteroatoms. The van der Waals surface area contributed by atoms with Crippen molar-refractivity contribution in [3.05, 3.63) is 35.4 Å². The fraction of sp³-hybridized carbons (Fsp3) is 0.438. The molecule has 0 bridgehead atoms. The molecular formula is C16H18O. The quantitative estimate of drug-likeness (QED) is 0.525. The highest BCUT2D eigenvalue weighted by molar-refractivity contribution is 5.96. The van der Waals surface area contributed by atoms with Gasteiger partial charge in [0.25, 0.3) is 0 Å². The average molecular weight is 226 g/mol. The van der Waals surface area contributed by atoms with Crippen molar-refractivity contribution in [1.29, 1.82) is 0 Å². The van der Waals surface area contributed by atoms with Crippen LogP contribution in [0.3, 0.4) is 0 Å². The number of ketones is 1. The summed E-state index contributed by atoms with van der Waals surface area (Å²) in [6.07, 6.45) is 6.38. The summed E-state index contributed by atoms with van der Waals surface area (Å²) >= 11 is 0. The minimum absolute atomic E-state index is 0.0959. The molecule has 0 saturated heterocycles. The lowest BCUT2D eigenvalue weighted by atomic mass is 9.89. The second kappa shape index (κ2) is 5.68. The maximum absolute atomic E-state index is 11.4. The molecule has 1 aliphatic carbocycles. The van der Waals surface area contributed by atoms with Crippen LogP contribution in [0.1, 0.15) is 54.9 Å². The third-order valence-electron chi connectivity index (χ3n) is 3.32. The average Bonchev–Trinajstić information content (AvgIpc) is 2.38. The van der Waals surface area contributed by atoms with Crippen LogP contribution < -0.4 is 0 Å². The summed E-state index contributed by atoms with van der Waals surface area (Å²) in [6.45, 7) is 1.60. The predicted molar refractivity (Wildman–Crippen MR) is 69.9 cm³/mol. The van der Waals surface area contributed by atoms with Crippen LogP contribution in [-0.4, -0.2) is 5.78 Å². The van der Waals surface area contributed by atoms with Crippen molar-refractivity contribution in [2.45, 2.75) is 39.0 Å². The van der Waals surface area contributed by atoms with E-state index in [9.17, 15) is 4.79 Å². The van der Waals surface area contributed by atoms with Gasteiger partial charge in [-0.05, 0) is 25.8 Å². The van der Waals surface area contributed by atoms with Crippen molar-refractivity contribution in [3.8, 4) is 11.8 Å². The minimum Gasteiger partial charge on any atom is -0.294 e. The predicted octanol–water partition coefficient (Wildman–Crippen LogP) is 3.82. The molecule has 0 aliphatic heterocycles. The van der Waals surface area contributed by atoms with Gasteiger partial charge in [-0.2, -0.15) is 0 Å². The Morgan fingerprint density at radius 3 is 2.59 bits per heavy atom. The van der Waals surface area contributed by atoms with E-state index in [1.807, 2.05) is 24.3 Å². The van der Waals surface area contributed by atoms with E-state index >= 15 is 0 Å². The van der Waals surface area contributed by atoms with Crippen LogP contribution in [0.5, 0.6) is 0 Å². The van der Waals surface area contributed by atoms with E-state index in [0.29, 0.717) is 5.92 Å². The molecule has 0 heterocycles. The molecule has 0 N–H and O–H groups in total. The van der Waals surface area contributed by atoms with Crippen LogP contribution in [0.4, 0.5) is 0 Å². The molecule has 2 rings (SSSR count). The molecule has 0 spiro atoms. The number of rotatable bonds is 1. The first kappa shape index (κ1) is 11.9. The Hall–Kier alpha value is -1.55. The molecule has 1 aromatic rings. The van der Waals surface area contributed by atoms with Gasteiger partial charge >= 0.3 is 0 Å². The third kappa shape index (κ3) is 3.20. The van der Waals surface area contributed by atoms with Gasteiger partial charge in [-0.15, -0.1) is 0 Å². The summed E-state index contributed by atoms with van der Waals surface area (Å²) in [7, 11) is 0. The summed E-state index contributed by atoms with van der Waals surface area (Å²) < 4.78 is 0. The smallest absolute Gasteiger partial charge is 0.161 e. The SMILES string of the molecule is CC(=O)c1ccccc1C#CC1CCCCC1. The zero-order valence-electron chi connectivity index (χ0n) is 10.3. The van der Waals surface area contributed by atoms with E-state index in [1.54, 1.807) is 6.92 Å². The molecule has 17 heavy (non-hydrogen) atoms. The first-order valence-corrected chi connectivity index (χ1v) is 6.39. The Morgan fingerprint density at radius 2 is 1.88 bits per heavy atom. The highest BCUT2D eigenvalue weighted by Crippen LogP contribution is 2.22. The number of carbonyl (C=O) groups is 1. The zero-order valence-corrected chi connectivity index (χ0v) is 10.3. The third-order valence-corrected chi connectivity index (χ3v) is 3.32. The van der Waals surface area contributed by atoms with E-state index in [0.717, 1.165) is 11.1 Å². The molecule has 88 valence electrons. The van der Waals surface area contributed by atoms with Crippen LogP contribution in [0.15, 0.2) is 24.3 Å². The number of hydrogen-bond donors (Lipinski definition) is 0. The molecule has 1 nitrogen and oxygen atoms in total. The van der Waals surface area contributed by atoms with E-state index in [4.69, 9.17) is 0 Å². The van der Waals surface area contributed by atoms with Gasteiger partial charge in [-0.1, -0.05) is 49.3 Å². The Bertz CT molecular complexity index is 456. The second-order valence-electron chi connectivity index (χ2n) is 4.71. The maximum atomic E-state index is 11.4. The van der Waals surface area contributed by atoms with E-state index < -0.39 is 0 Å². The Morgan fingerprint density at radius 1 is 1.18 bits per heavy atom. The van der Waals surface area contributed by atoms with Gasteiger partial charge in [0.15, 0.2) is 5.78 Å². The van der Waals surface area contributed by atoms with Crippen molar-refractivity contribution in [1.82, 2.24) is 0 Å². The molecule has 0 atom stereocenters. The zero-order chi connectivity index (χ0) is 12.1. The van der Waals surface area contributed by atoms with Crippen LogP contribution in [0.2, 0.25) is 0 Å². The molecule has 0 aromatic heterocycles. The minimum atomic E-state index is 0.0959. The highest BCUT2D eigenvalue weighted by Gasteiger charge is 2.10. The summed E-state index contributed by atoms with van der Waals surface area (Å²) in [5.74, 6) is 7.15. The van der Waals surface area contributed by atoms with E-state index in [-0.39, 0.29) is 5.78 Å². The van der Waals surface area contributed by atoms with Crippen molar-refractivity contribution < 1.29 is 4.79 Å². The number of hydrogen-bond acceptors (Lipinski definition) is 1. The van der Waals surface area contributed by atoms with Gasteiger partial charge in [0.05, 0.1) is 0 Å². The number of carbonyl (C=O) groups excluding carboxylic acids is 1. The Labute approximate surface area is 103 Å². The molecule has 1 aliphatic rings. The maximum Gasteiger partial charge on any atom is 0.161 e. The molecule has 0 amide bonds. The Balaban J connectivity index is 2.17. The van der Waals surface area contributed by atoms with Crippen LogP contribution in [0.25, 0.3) is 0 Å². The van der Waals surface area contributed by atoms with E-state index in [1.165, 1.54) is 32.1 Å². The monoisotopic (exact) mass is 226 g/mol. The Kier molecular flexibility index (Phi) is 3.98. The lowest BCUT2D eigenvalue weighted by molar-refractivity contribution is 0.101. The summed E-state index contributed by atoms with van der Waals surface area (Å²) in [4.78, 5) is 11.4. The van der Waals surface area contributed by atoms with Crippen LogP contribution in [-0.2, 0) is 0 Å². The summed E-state index contributed by atoms with van der Waals surface area (Å²) in [5.41, 5.74) is 1.63. The molecule has 0 radical (unpaired) electrons. The van der Waals surface area contributed by atoms with Crippen molar-refractivity contribution in [2.24, 2.45) is 5.92 Å². The fourth-order valence-electron chi connectivity index (χ4n) is 2.33. The topological polar surface area (TPSA) is 17.1 Å². The largest absolute Gasteiger partial charge is 0.294 e. The van der Waals surface area contributed by atoms with Gasteiger partial charge in [-0.3, -0.25) is 4.79 Å². The van der Waals surface area contributed by atoms with Crippen LogP contribution in [0, 0.1) is 17.8 Å². The second-order valence-corrected chi connectivity index (χ2v) is 4.71. The molecule has 0 unspecified atom stereocenters. The normalized spacial score (nSPS) is 16.1. The number of benzene rings is 1.